The van der Waals surface area contributed by atoms with Crippen LogP contribution in [0.5, 0.6) is 0 Å². The van der Waals surface area contributed by atoms with Crippen molar-refractivity contribution in [1.29, 1.82) is 0 Å². The first kappa shape index (κ1) is 22.0. The Morgan fingerprint density at radius 1 is 1.41 bits per heavy atom. The van der Waals surface area contributed by atoms with Crippen LogP contribution >= 0.6 is 23.1 Å². The molecule has 2 aliphatic rings. The number of thiophene rings is 1. The summed E-state index contributed by atoms with van der Waals surface area (Å²) in [6.45, 7) is 1.06. The molecule has 0 bridgehead atoms. The third-order valence-electron chi connectivity index (χ3n) is 3.93. The molecule has 1 aromatic rings. The van der Waals surface area contributed by atoms with Crippen molar-refractivity contribution in [3.63, 3.8) is 0 Å². The number of hydrogen-bond acceptors (Lipinski definition) is 7. The Kier molecular flexibility index (Phi) is 7.52. The van der Waals surface area contributed by atoms with Crippen molar-refractivity contribution in [2.75, 3.05) is 12.4 Å². The molecule has 1 fully saturated rings. The molecule has 0 aliphatic carbocycles. The number of carboxylic acids is 1. The number of fused-ring (bicyclic) bond motifs is 1. The predicted molar refractivity (Wildman–Crippen MR) is 101 cm³/mol. The fraction of sp³-hybridized carbons (Fsp3) is 0.375. The van der Waals surface area contributed by atoms with Crippen LogP contribution in [0.3, 0.4) is 0 Å². The maximum atomic E-state index is 12.4. The van der Waals surface area contributed by atoms with Gasteiger partial charge in [-0.25, -0.2) is 4.79 Å². The normalized spacial score (nSPS) is 20.9. The number of rotatable bonds is 6. The first-order valence-corrected chi connectivity index (χ1v) is 9.66. The van der Waals surface area contributed by atoms with E-state index in [-0.39, 0.29) is 54.2 Å². The number of ether oxygens (including phenoxy) is 1. The van der Waals surface area contributed by atoms with Crippen LogP contribution in [-0.4, -0.2) is 87.1 Å². The number of amides is 2. The van der Waals surface area contributed by atoms with Gasteiger partial charge in [-0.05, 0) is 11.4 Å². The van der Waals surface area contributed by atoms with E-state index in [9.17, 15) is 24.3 Å². The van der Waals surface area contributed by atoms with Gasteiger partial charge in [0, 0.05) is 23.1 Å². The summed E-state index contributed by atoms with van der Waals surface area (Å²) in [6.07, 6.45) is 0.179. The molecule has 27 heavy (non-hydrogen) atoms. The zero-order valence-corrected chi connectivity index (χ0v) is 15.4. The fourth-order valence-corrected chi connectivity index (χ4v) is 4.81. The van der Waals surface area contributed by atoms with Gasteiger partial charge in [0.2, 0.25) is 5.91 Å². The number of carbonyl (C=O) groups excluding carboxylic acids is 3. The number of nitrogens with zero attached hydrogens (tertiary/aromatic N) is 1. The van der Waals surface area contributed by atoms with Crippen molar-refractivity contribution in [2.45, 2.75) is 24.8 Å². The molecule has 0 saturated carbocycles. The molecule has 2 aliphatic heterocycles. The average molecular weight is 420 g/mol. The summed E-state index contributed by atoms with van der Waals surface area (Å²) in [5.74, 6) is -2.23. The molecule has 0 spiro atoms. The van der Waals surface area contributed by atoms with Crippen LogP contribution in [0, 0.1) is 0 Å². The average Bonchev–Trinajstić information content (AvgIpc) is 3.09. The van der Waals surface area contributed by atoms with Crippen molar-refractivity contribution >= 4 is 76.4 Å². The molecule has 1 saturated heterocycles. The zero-order chi connectivity index (χ0) is 18.8. The Morgan fingerprint density at radius 2 is 2.15 bits per heavy atom. The van der Waals surface area contributed by atoms with Gasteiger partial charge in [0.1, 0.15) is 23.7 Å². The zero-order valence-electron chi connectivity index (χ0n) is 13.8. The Morgan fingerprint density at radius 3 is 2.74 bits per heavy atom. The first-order valence-electron chi connectivity index (χ1n) is 7.73. The second-order valence-electron chi connectivity index (χ2n) is 5.75. The van der Waals surface area contributed by atoms with Gasteiger partial charge in [-0.1, -0.05) is 6.07 Å². The number of carboxylic acid groups (broad SMARTS) is 1. The van der Waals surface area contributed by atoms with Gasteiger partial charge in [0.05, 0.1) is 6.42 Å². The Balaban J connectivity index is 0.00000261. The minimum atomic E-state index is -1.26. The van der Waals surface area contributed by atoms with Crippen LogP contribution in [0.15, 0.2) is 28.8 Å². The van der Waals surface area contributed by atoms with Gasteiger partial charge < -0.3 is 15.2 Å². The van der Waals surface area contributed by atoms with E-state index >= 15 is 0 Å². The van der Waals surface area contributed by atoms with Crippen molar-refractivity contribution < 1.29 is 29.0 Å². The van der Waals surface area contributed by atoms with Gasteiger partial charge in [-0.15, -0.1) is 23.1 Å². The van der Waals surface area contributed by atoms with Crippen molar-refractivity contribution in [2.24, 2.45) is 0 Å². The minimum absolute atomic E-state index is 0. The van der Waals surface area contributed by atoms with Crippen LogP contribution in [0.1, 0.15) is 11.8 Å². The molecular weight excluding hydrogens is 403 g/mol. The summed E-state index contributed by atoms with van der Waals surface area (Å²) >= 11 is 2.79. The number of β-lactam (4-membered cyclic amide) rings is 1. The third-order valence-corrected chi connectivity index (χ3v) is 6.15. The summed E-state index contributed by atoms with van der Waals surface area (Å²) in [6, 6.07) is 2.92. The van der Waals surface area contributed by atoms with Crippen LogP contribution in [0.25, 0.3) is 0 Å². The summed E-state index contributed by atoms with van der Waals surface area (Å²) in [7, 11) is 0. The standard InChI is InChI=1S/C16H16N2O6S2.Na.H/c1-8(19)24-6-9-7-26-15-12(14(21)18(15)13(9)16(22)23)17-11(20)5-10-3-2-4-25-10;;/h2-4,12,15H,5-7H2,1H3,(H,17,20)(H,22,23);;/t12-,15-;;/m1../s1. The van der Waals surface area contributed by atoms with E-state index in [1.54, 1.807) is 0 Å². The molecular formula is C16H17N2NaO6S2. The molecule has 0 radical (unpaired) electrons. The maximum absolute atomic E-state index is 12.4. The van der Waals surface area contributed by atoms with Crippen molar-refractivity contribution in [1.82, 2.24) is 10.2 Å². The Bertz CT molecular complexity index is 795. The number of esters is 1. The molecule has 11 heteroatoms. The van der Waals surface area contributed by atoms with Crippen molar-refractivity contribution in [3.8, 4) is 0 Å². The van der Waals surface area contributed by atoms with E-state index in [0.29, 0.717) is 11.3 Å². The monoisotopic (exact) mass is 420 g/mol. The topological polar surface area (TPSA) is 113 Å². The molecule has 0 unspecified atom stereocenters. The van der Waals surface area contributed by atoms with Gasteiger partial charge >= 0.3 is 41.5 Å². The van der Waals surface area contributed by atoms with E-state index in [1.165, 1.54) is 30.0 Å². The number of carbonyl (C=O) groups is 4. The molecule has 2 amide bonds. The summed E-state index contributed by atoms with van der Waals surface area (Å²) in [5.41, 5.74) is 0.203. The van der Waals surface area contributed by atoms with E-state index in [2.05, 4.69) is 5.32 Å². The predicted octanol–water partition coefficient (Wildman–Crippen LogP) is -0.0562. The van der Waals surface area contributed by atoms with Gasteiger partial charge in [-0.3, -0.25) is 19.3 Å². The summed E-state index contributed by atoms with van der Waals surface area (Å²) in [4.78, 5) is 49.2. The number of thioether (sulfide) groups is 1. The van der Waals surface area contributed by atoms with E-state index in [1.807, 2.05) is 17.5 Å². The van der Waals surface area contributed by atoms with Crippen LogP contribution in [0.4, 0.5) is 0 Å². The quantitative estimate of drug-likeness (QED) is 0.377. The molecule has 8 nitrogen and oxygen atoms in total. The number of aliphatic carboxylic acids is 1. The van der Waals surface area contributed by atoms with Crippen molar-refractivity contribution in [3.05, 3.63) is 33.7 Å². The molecule has 3 rings (SSSR count). The van der Waals surface area contributed by atoms with Gasteiger partial charge in [0.25, 0.3) is 5.91 Å². The Labute approximate surface area is 185 Å². The molecule has 1 aromatic heterocycles. The molecule has 2 N–H and O–H groups in total. The molecule has 140 valence electrons. The van der Waals surface area contributed by atoms with Gasteiger partial charge in [-0.2, -0.15) is 0 Å². The van der Waals surface area contributed by atoms with Crippen LogP contribution < -0.4 is 5.32 Å². The molecule has 2 atom stereocenters. The van der Waals surface area contributed by atoms with Gasteiger partial charge in [0.15, 0.2) is 0 Å². The van der Waals surface area contributed by atoms with E-state index in [0.717, 1.165) is 9.78 Å². The SMILES string of the molecule is CC(=O)OCC1=C(C(=O)O)N2C(=O)[C@@H](NC(=O)Cc3cccs3)[C@H]2SC1.[NaH]. The van der Waals surface area contributed by atoms with Crippen LogP contribution in [0.2, 0.25) is 0 Å². The van der Waals surface area contributed by atoms with Crippen LogP contribution in [-0.2, 0) is 30.3 Å². The number of nitrogens with one attached hydrogen (secondary N) is 1. The Hall–Kier alpha value is -1.33. The van der Waals surface area contributed by atoms with E-state index < -0.39 is 29.3 Å². The summed E-state index contributed by atoms with van der Waals surface area (Å²) in [5, 5.41) is 13.5. The molecule has 3 heterocycles. The second-order valence-corrected chi connectivity index (χ2v) is 7.89. The summed E-state index contributed by atoms with van der Waals surface area (Å²) < 4.78 is 4.87. The second kappa shape index (κ2) is 9.24. The first-order chi connectivity index (χ1) is 12.4. The third kappa shape index (κ3) is 4.75. The number of hydrogen-bond donors (Lipinski definition) is 2. The molecule has 0 aromatic carbocycles. The van der Waals surface area contributed by atoms with E-state index in [4.69, 9.17) is 4.74 Å². The fourth-order valence-electron chi connectivity index (χ4n) is 2.78.